The molecule has 2 aliphatic heterocycles. The van der Waals surface area contributed by atoms with Crippen LogP contribution in [0, 0.1) is 5.82 Å². The summed E-state index contributed by atoms with van der Waals surface area (Å²) in [6.45, 7) is 9.76. The first-order valence-corrected chi connectivity index (χ1v) is 13.0. The quantitative estimate of drug-likeness (QED) is 0.389. The lowest BCUT2D eigenvalue weighted by Crippen LogP contribution is -2.47. The lowest BCUT2D eigenvalue weighted by molar-refractivity contribution is 0.237. The molecule has 4 nitrogen and oxygen atoms in total. The molecule has 0 aliphatic carbocycles. The van der Waals surface area contributed by atoms with E-state index in [0.717, 1.165) is 57.1 Å². The SMILES string of the molecule is CC(C)Oc1ccc(F)cc1N1CCN(CCCN2c3ccccc3Sc3ccccc32)CC1. The van der Waals surface area contributed by atoms with Crippen LogP contribution >= 0.6 is 11.8 Å². The van der Waals surface area contributed by atoms with Gasteiger partial charge in [-0.05, 0) is 63.2 Å². The summed E-state index contributed by atoms with van der Waals surface area (Å²) in [6.07, 6.45) is 1.16. The van der Waals surface area contributed by atoms with Crippen molar-refractivity contribution in [2.24, 2.45) is 0 Å². The molecule has 0 atom stereocenters. The van der Waals surface area contributed by atoms with Gasteiger partial charge < -0.3 is 14.5 Å². The normalized spacial score (nSPS) is 15.9. The highest BCUT2D eigenvalue weighted by atomic mass is 32.2. The van der Waals surface area contributed by atoms with E-state index in [-0.39, 0.29) is 11.9 Å². The second kappa shape index (κ2) is 10.3. The fourth-order valence-electron chi connectivity index (χ4n) is 4.78. The van der Waals surface area contributed by atoms with Crippen LogP contribution in [-0.2, 0) is 0 Å². The van der Waals surface area contributed by atoms with Crippen LogP contribution in [-0.4, -0.2) is 50.3 Å². The number of ether oxygens (including phenoxy) is 1. The van der Waals surface area contributed by atoms with Gasteiger partial charge in [-0.2, -0.15) is 0 Å². The maximum absolute atomic E-state index is 14.0. The Morgan fingerprint density at radius 3 is 2.12 bits per heavy atom. The van der Waals surface area contributed by atoms with Gasteiger partial charge in [-0.1, -0.05) is 36.0 Å². The molecule has 34 heavy (non-hydrogen) atoms. The van der Waals surface area contributed by atoms with E-state index < -0.39 is 0 Å². The molecule has 0 radical (unpaired) electrons. The zero-order valence-corrected chi connectivity index (χ0v) is 20.7. The van der Waals surface area contributed by atoms with Crippen LogP contribution < -0.4 is 14.5 Å². The first-order chi connectivity index (χ1) is 16.6. The van der Waals surface area contributed by atoms with E-state index in [9.17, 15) is 4.39 Å². The number of piperazine rings is 1. The summed E-state index contributed by atoms with van der Waals surface area (Å²) in [5.41, 5.74) is 3.48. The van der Waals surface area contributed by atoms with Gasteiger partial charge in [-0.3, -0.25) is 4.90 Å². The third-order valence-electron chi connectivity index (χ3n) is 6.38. The molecular formula is C28H32FN3OS. The molecular weight excluding hydrogens is 445 g/mol. The lowest BCUT2D eigenvalue weighted by atomic mass is 10.2. The molecule has 0 unspecified atom stereocenters. The second-order valence-corrected chi connectivity index (χ2v) is 10.2. The number of rotatable bonds is 7. The summed E-state index contributed by atoms with van der Waals surface area (Å²) in [5, 5.41) is 0. The predicted molar refractivity (Wildman–Crippen MR) is 139 cm³/mol. The number of hydrogen-bond donors (Lipinski definition) is 0. The van der Waals surface area contributed by atoms with Gasteiger partial charge in [0.25, 0.3) is 0 Å². The van der Waals surface area contributed by atoms with Crippen molar-refractivity contribution in [2.45, 2.75) is 36.2 Å². The summed E-state index contributed by atoms with van der Waals surface area (Å²) < 4.78 is 19.9. The highest BCUT2D eigenvalue weighted by Crippen LogP contribution is 2.47. The monoisotopic (exact) mass is 477 g/mol. The fourth-order valence-corrected chi connectivity index (χ4v) is 5.87. The second-order valence-electron chi connectivity index (χ2n) is 9.15. The number of halogens is 1. The molecule has 1 fully saturated rings. The number of hydrogen-bond acceptors (Lipinski definition) is 5. The number of nitrogens with zero attached hydrogens (tertiary/aromatic N) is 3. The van der Waals surface area contributed by atoms with Gasteiger partial charge in [0.2, 0.25) is 0 Å². The average Bonchev–Trinajstić information content (AvgIpc) is 2.85. The van der Waals surface area contributed by atoms with Crippen LogP contribution in [0.4, 0.5) is 21.5 Å². The van der Waals surface area contributed by atoms with Gasteiger partial charge in [0.05, 0.1) is 23.2 Å². The Labute approximate surface area is 206 Å². The molecule has 178 valence electrons. The topological polar surface area (TPSA) is 19.0 Å². The van der Waals surface area contributed by atoms with Gasteiger partial charge in [0.15, 0.2) is 0 Å². The van der Waals surface area contributed by atoms with Crippen LogP contribution in [0.15, 0.2) is 76.5 Å². The first kappa shape index (κ1) is 23.1. The summed E-state index contributed by atoms with van der Waals surface area (Å²) >= 11 is 1.86. The maximum atomic E-state index is 14.0. The molecule has 0 saturated carbocycles. The van der Waals surface area contributed by atoms with E-state index in [1.54, 1.807) is 12.1 Å². The zero-order valence-electron chi connectivity index (χ0n) is 19.9. The van der Waals surface area contributed by atoms with Gasteiger partial charge in [0.1, 0.15) is 11.6 Å². The average molecular weight is 478 g/mol. The Morgan fingerprint density at radius 1 is 0.824 bits per heavy atom. The van der Waals surface area contributed by atoms with Crippen molar-refractivity contribution in [3.63, 3.8) is 0 Å². The standard InChI is InChI=1S/C28H32FN3OS/c1-21(2)33-26-13-12-22(29)20-25(26)31-18-16-30(17-19-31)14-7-15-32-23-8-3-5-10-27(23)34-28-11-6-4-9-24(28)32/h3-6,8-13,20-21H,7,14-19H2,1-2H3. The number of anilines is 3. The minimum Gasteiger partial charge on any atom is -0.489 e. The molecule has 2 heterocycles. The van der Waals surface area contributed by atoms with E-state index in [4.69, 9.17) is 4.74 Å². The fraction of sp³-hybridized carbons (Fsp3) is 0.357. The maximum Gasteiger partial charge on any atom is 0.143 e. The Balaban J connectivity index is 1.19. The molecule has 0 spiro atoms. The first-order valence-electron chi connectivity index (χ1n) is 12.2. The largest absolute Gasteiger partial charge is 0.489 e. The summed E-state index contributed by atoms with van der Waals surface area (Å²) in [7, 11) is 0. The highest BCUT2D eigenvalue weighted by molar-refractivity contribution is 7.99. The van der Waals surface area contributed by atoms with E-state index in [1.807, 2.05) is 25.6 Å². The minimum atomic E-state index is -0.214. The Hall–Kier alpha value is -2.70. The van der Waals surface area contributed by atoms with Crippen molar-refractivity contribution >= 4 is 28.8 Å². The van der Waals surface area contributed by atoms with Crippen LogP contribution in [0.5, 0.6) is 5.75 Å². The Bertz CT molecular complexity index is 1080. The molecule has 0 bridgehead atoms. The van der Waals surface area contributed by atoms with Crippen molar-refractivity contribution in [3.8, 4) is 5.75 Å². The van der Waals surface area contributed by atoms with Crippen molar-refractivity contribution in [3.05, 3.63) is 72.5 Å². The molecule has 2 aliphatic rings. The number of fused-ring (bicyclic) bond motifs is 2. The smallest absolute Gasteiger partial charge is 0.143 e. The van der Waals surface area contributed by atoms with E-state index >= 15 is 0 Å². The Morgan fingerprint density at radius 2 is 1.47 bits per heavy atom. The molecule has 1 saturated heterocycles. The van der Waals surface area contributed by atoms with E-state index in [2.05, 4.69) is 63.2 Å². The molecule has 0 aromatic heterocycles. The third-order valence-corrected chi connectivity index (χ3v) is 7.51. The molecule has 0 amide bonds. The molecule has 5 rings (SSSR count). The van der Waals surface area contributed by atoms with Crippen molar-refractivity contribution in [2.75, 3.05) is 49.1 Å². The van der Waals surface area contributed by atoms with E-state index in [0.29, 0.717) is 0 Å². The van der Waals surface area contributed by atoms with Crippen molar-refractivity contribution in [1.29, 1.82) is 0 Å². The third kappa shape index (κ3) is 5.03. The van der Waals surface area contributed by atoms with Crippen molar-refractivity contribution < 1.29 is 9.13 Å². The molecule has 6 heteroatoms. The van der Waals surface area contributed by atoms with Crippen LogP contribution in [0.3, 0.4) is 0 Å². The number of para-hydroxylation sites is 2. The summed E-state index contributed by atoms with van der Waals surface area (Å²) in [5.74, 6) is 0.555. The zero-order chi connectivity index (χ0) is 23.5. The van der Waals surface area contributed by atoms with Crippen LogP contribution in [0.2, 0.25) is 0 Å². The summed E-state index contributed by atoms with van der Waals surface area (Å²) in [4.78, 5) is 9.90. The minimum absolute atomic E-state index is 0.0638. The Kier molecular flexibility index (Phi) is 6.97. The molecule has 3 aromatic rings. The van der Waals surface area contributed by atoms with Crippen LogP contribution in [0.1, 0.15) is 20.3 Å². The highest BCUT2D eigenvalue weighted by Gasteiger charge is 2.24. The predicted octanol–water partition coefficient (Wildman–Crippen LogP) is 6.43. The van der Waals surface area contributed by atoms with E-state index in [1.165, 1.54) is 27.2 Å². The van der Waals surface area contributed by atoms with Gasteiger partial charge in [-0.15, -0.1) is 0 Å². The van der Waals surface area contributed by atoms with Crippen LogP contribution in [0.25, 0.3) is 0 Å². The summed E-state index contributed by atoms with van der Waals surface area (Å²) in [6, 6.07) is 22.2. The van der Waals surface area contributed by atoms with Crippen molar-refractivity contribution in [1.82, 2.24) is 4.90 Å². The van der Waals surface area contributed by atoms with Gasteiger partial charge in [0, 0.05) is 48.6 Å². The van der Waals surface area contributed by atoms with Gasteiger partial charge >= 0.3 is 0 Å². The molecule has 0 N–H and O–H groups in total. The van der Waals surface area contributed by atoms with Gasteiger partial charge in [-0.25, -0.2) is 4.39 Å². The lowest BCUT2D eigenvalue weighted by Gasteiger charge is -2.37. The number of benzene rings is 3. The molecule has 3 aromatic carbocycles.